The summed E-state index contributed by atoms with van der Waals surface area (Å²) in [5.41, 5.74) is 10.6. The van der Waals surface area contributed by atoms with Crippen molar-refractivity contribution in [3.63, 3.8) is 0 Å². The summed E-state index contributed by atoms with van der Waals surface area (Å²) in [5, 5.41) is 18.8. The van der Waals surface area contributed by atoms with Crippen LogP contribution in [0.4, 0.5) is 0 Å². The van der Waals surface area contributed by atoms with Crippen molar-refractivity contribution in [3.05, 3.63) is 0 Å². The van der Waals surface area contributed by atoms with E-state index in [1.807, 2.05) is 0 Å². The van der Waals surface area contributed by atoms with E-state index in [1.54, 1.807) is 0 Å². The van der Waals surface area contributed by atoms with Crippen molar-refractivity contribution in [1.29, 1.82) is 10.8 Å². The van der Waals surface area contributed by atoms with Crippen LogP contribution in [0.2, 0.25) is 0 Å². The standard InChI is InChI=1S/C10H20N6O/c1-2-3-4-5-6-8(7-17)15-16(9(11)12)10(13)14/h7H,2-6H2,1H3,(H3,11,12)(H3,13,14)/b15-8+. The Morgan fingerprint density at radius 1 is 1.24 bits per heavy atom. The van der Waals surface area contributed by atoms with Crippen LogP contribution < -0.4 is 11.5 Å². The van der Waals surface area contributed by atoms with Crippen molar-refractivity contribution in [2.24, 2.45) is 16.6 Å². The van der Waals surface area contributed by atoms with E-state index in [9.17, 15) is 4.79 Å². The molecule has 7 heteroatoms. The van der Waals surface area contributed by atoms with Gasteiger partial charge in [-0.1, -0.05) is 26.2 Å². The van der Waals surface area contributed by atoms with Gasteiger partial charge in [0, 0.05) is 0 Å². The third-order valence-electron chi connectivity index (χ3n) is 2.11. The molecule has 0 aromatic heterocycles. The number of unbranched alkanes of at least 4 members (excludes halogenated alkanes) is 3. The number of carbonyl (C=O) groups is 1. The number of nitrogens with one attached hydrogen (secondary N) is 2. The molecule has 0 heterocycles. The molecule has 0 amide bonds. The molecule has 0 rings (SSSR count). The molecule has 0 unspecified atom stereocenters. The zero-order chi connectivity index (χ0) is 13.3. The molecule has 0 saturated carbocycles. The number of rotatable bonds is 7. The first-order chi connectivity index (χ1) is 8.02. The highest BCUT2D eigenvalue weighted by Crippen LogP contribution is 2.03. The quantitative estimate of drug-likeness (QED) is 0.170. The summed E-state index contributed by atoms with van der Waals surface area (Å²) in [7, 11) is 0. The van der Waals surface area contributed by atoms with Crippen LogP contribution in [0.15, 0.2) is 5.10 Å². The maximum Gasteiger partial charge on any atom is 0.216 e. The summed E-state index contributed by atoms with van der Waals surface area (Å²) in [4.78, 5) is 10.8. The van der Waals surface area contributed by atoms with Crippen LogP contribution in [0.3, 0.4) is 0 Å². The minimum absolute atomic E-state index is 0.242. The predicted octanol–water partition coefficient (Wildman–Crippen LogP) is 0.601. The molecular weight excluding hydrogens is 220 g/mol. The minimum atomic E-state index is -0.481. The summed E-state index contributed by atoms with van der Waals surface area (Å²) in [6.07, 6.45) is 5.18. The van der Waals surface area contributed by atoms with Gasteiger partial charge in [-0.25, -0.2) is 0 Å². The molecule has 7 nitrogen and oxygen atoms in total. The number of guanidine groups is 2. The molecule has 0 saturated heterocycles. The molecule has 0 spiro atoms. The predicted molar refractivity (Wildman–Crippen MR) is 67.9 cm³/mol. The highest BCUT2D eigenvalue weighted by Gasteiger charge is 2.10. The van der Waals surface area contributed by atoms with E-state index in [0.29, 0.717) is 12.7 Å². The number of hydrogen-bond acceptors (Lipinski definition) is 4. The molecular formula is C10H20N6O. The fourth-order valence-electron chi connectivity index (χ4n) is 1.23. The van der Waals surface area contributed by atoms with Crippen molar-refractivity contribution < 1.29 is 4.79 Å². The summed E-state index contributed by atoms with van der Waals surface area (Å²) in [5.74, 6) is -0.962. The van der Waals surface area contributed by atoms with Crippen molar-refractivity contribution in [1.82, 2.24) is 5.01 Å². The van der Waals surface area contributed by atoms with Crippen molar-refractivity contribution in [3.8, 4) is 0 Å². The largest absolute Gasteiger partial charge is 0.368 e. The van der Waals surface area contributed by atoms with Gasteiger partial charge in [-0.15, -0.1) is 0 Å². The summed E-state index contributed by atoms with van der Waals surface area (Å²) < 4.78 is 0. The van der Waals surface area contributed by atoms with Gasteiger partial charge in [0.05, 0.1) is 0 Å². The molecule has 0 aliphatic carbocycles. The normalized spacial score (nSPS) is 11.0. The van der Waals surface area contributed by atoms with Crippen LogP contribution in [-0.4, -0.2) is 28.9 Å². The maximum atomic E-state index is 10.8. The first-order valence-corrected chi connectivity index (χ1v) is 5.53. The number of aldehydes is 1. The SMILES string of the molecule is CCCCCC/C(C=O)=N\N(C(=N)N)C(=N)N. The van der Waals surface area contributed by atoms with Gasteiger partial charge in [0.25, 0.3) is 0 Å². The van der Waals surface area contributed by atoms with Gasteiger partial charge in [0.15, 0.2) is 6.29 Å². The summed E-state index contributed by atoms with van der Waals surface area (Å²) in [6, 6.07) is 0. The Morgan fingerprint density at radius 2 is 1.82 bits per heavy atom. The topological polar surface area (TPSA) is 132 Å². The summed E-state index contributed by atoms with van der Waals surface area (Å²) >= 11 is 0. The Kier molecular flexibility index (Phi) is 7.32. The lowest BCUT2D eigenvalue weighted by Crippen LogP contribution is -2.42. The lowest BCUT2D eigenvalue weighted by molar-refractivity contribution is -0.102. The molecule has 0 bridgehead atoms. The van der Waals surface area contributed by atoms with E-state index in [4.69, 9.17) is 22.3 Å². The van der Waals surface area contributed by atoms with Crippen LogP contribution in [-0.2, 0) is 4.79 Å². The minimum Gasteiger partial charge on any atom is -0.368 e. The van der Waals surface area contributed by atoms with Crippen LogP contribution in [0.1, 0.15) is 39.0 Å². The second kappa shape index (κ2) is 8.26. The Hall–Kier alpha value is -1.92. The van der Waals surface area contributed by atoms with E-state index in [1.165, 1.54) is 0 Å². The fourth-order valence-corrected chi connectivity index (χ4v) is 1.23. The number of hydrogen-bond donors (Lipinski definition) is 4. The van der Waals surface area contributed by atoms with Crippen LogP contribution in [0.5, 0.6) is 0 Å². The zero-order valence-corrected chi connectivity index (χ0v) is 10.1. The second-order valence-corrected chi connectivity index (χ2v) is 3.60. The van der Waals surface area contributed by atoms with Gasteiger partial charge in [-0.3, -0.25) is 15.6 Å². The fraction of sp³-hybridized carbons (Fsp3) is 0.600. The van der Waals surface area contributed by atoms with E-state index < -0.39 is 11.9 Å². The van der Waals surface area contributed by atoms with Gasteiger partial charge in [0.2, 0.25) is 11.9 Å². The molecule has 6 N–H and O–H groups in total. The molecule has 0 radical (unpaired) electrons. The van der Waals surface area contributed by atoms with E-state index in [-0.39, 0.29) is 5.71 Å². The second-order valence-electron chi connectivity index (χ2n) is 3.60. The van der Waals surface area contributed by atoms with E-state index >= 15 is 0 Å². The zero-order valence-electron chi connectivity index (χ0n) is 10.1. The first kappa shape index (κ1) is 15.1. The Balaban J connectivity index is 4.45. The number of nitrogens with zero attached hydrogens (tertiary/aromatic N) is 2. The van der Waals surface area contributed by atoms with Gasteiger partial charge >= 0.3 is 0 Å². The lowest BCUT2D eigenvalue weighted by atomic mass is 10.1. The third-order valence-corrected chi connectivity index (χ3v) is 2.11. The molecule has 0 aliphatic rings. The molecule has 17 heavy (non-hydrogen) atoms. The van der Waals surface area contributed by atoms with Gasteiger partial charge in [-0.2, -0.15) is 10.1 Å². The molecule has 0 aromatic rings. The average Bonchev–Trinajstić information content (AvgIpc) is 2.27. The van der Waals surface area contributed by atoms with Crippen LogP contribution in [0, 0.1) is 10.8 Å². The number of nitrogens with two attached hydrogens (primary N) is 2. The molecule has 0 fully saturated rings. The maximum absolute atomic E-state index is 10.8. The molecule has 0 aromatic carbocycles. The number of carbonyl (C=O) groups excluding carboxylic acids is 1. The Morgan fingerprint density at radius 3 is 2.24 bits per heavy atom. The van der Waals surface area contributed by atoms with Crippen LogP contribution in [0.25, 0.3) is 0 Å². The smallest absolute Gasteiger partial charge is 0.216 e. The van der Waals surface area contributed by atoms with Crippen molar-refractivity contribution >= 4 is 23.9 Å². The van der Waals surface area contributed by atoms with E-state index in [2.05, 4.69) is 12.0 Å². The molecule has 0 aliphatic heterocycles. The monoisotopic (exact) mass is 240 g/mol. The van der Waals surface area contributed by atoms with Gasteiger partial charge in [0.1, 0.15) is 5.71 Å². The van der Waals surface area contributed by atoms with Gasteiger partial charge in [-0.05, 0) is 12.8 Å². The average molecular weight is 240 g/mol. The highest BCUT2D eigenvalue weighted by atomic mass is 16.1. The molecule has 96 valence electrons. The number of hydrazone groups is 1. The van der Waals surface area contributed by atoms with E-state index in [0.717, 1.165) is 30.7 Å². The Labute approximate surface area is 101 Å². The third kappa shape index (κ3) is 6.29. The first-order valence-electron chi connectivity index (χ1n) is 5.53. The van der Waals surface area contributed by atoms with Crippen molar-refractivity contribution in [2.45, 2.75) is 39.0 Å². The highest BCUT2D eigenvalue weighted by molar-refractivity contribution is 6.28. The van der Waals surface area contributed by atoms with Crippen molar-refractivity contribution in [2.75, 3.05) is 0 Å². The van der Waals surface area contributed by atoms with Gasteiger partial charge < -0.3 is 11.5 Å². The molecule has 0 atom stereocenters. The lowest BCUT2D eigenvalue weighted by Gasteiger charge is -2.14. The summed E-state index contributed by atoms with van der Waals surface area (Å²) in [6.45, 7) is 2.10. The Bertz CT molecular complexity index is 298. The van der Waals surface area contributed by atoms with Crippen LogP contribution >= 0.6 is 0 Å².